The van der Waals surface area contributed by atoms with E-state index in [0.717, 1.165) is 6.42 Å². The number of aryl methyl sites for hydroxylation is 2. The molecule has 1 aromatic heterocycles. The van der Waals surface area contributed by atoms with E-state index in [-0.39, 0.29) is 0 Å². The van der Waals surface area contributed by atoms with E-state index >= 15 is 0 Å². The minimum atomic E-state index is 0.364. The SMILES string of the molecule is CNC(Cc1csc2ccccc12)c1cc(C)ccc1C. The number of thiophene rings is 1. The summed E-state index contributed by atoms with van der Waals surface area (Å²) >= 11 is 1.84. The Balaban J connectivity index is 1.96. The van der Waals surface area contributed by atoms with E-state index in [9.17, 15) is 0 Å². The van der Waals surface area contributed by atoms with Crippen LogP contribution in [0.15, 0.2) is 47.8 Å². The third-order valence-corrected chi connectivity index (χ3v) is 5.16. The Labute approximate surface area is 130 Å². The standard InChI is InChI=1S/C19H21NS/c1-13-8-9-14(2)17(10-13)18(20-3)11-15-12-21-19-7-5-4-6-16(15)19/h4-10,12,18,20H,11H2,1-3H3. The Morgan fingerprint density at radius 1 is 1.10 bits per heavy atom. The number of hydrogen-bond acceptors (Lipinski definition) is 2. The molecule has 0 radical (unpaired) electrons. The van der Waals surface area contributed by atoms with Crippen LogP contribution in [0.3, 0.4) is 0 Å². The Morgan fingerprint density at radius 3 is 2.71 bits per heavy atom. The summed E-state index contributed by atoms with van der Waals surface area (Å²) in [5, 5.41) is 7.20. The topological polar surface area (TPSA) is 12.0 Å². The van der Waals surface area contributed by atoms with Crippen molar-refractivity contribution in [3.05, 3.63) is 70.1 Å². The molecule has 0 aliphatic carbocycles. The molecule has 1 unspecified atom stereocenters. The van der Waals surface area contributed by atoms with Gasteiger partial charge in [0.25, 0.3) is 0 Å². The molecule has 0 fully saturated rings. The van der Waals surface area contributed by atoms with Gasteiger partial charge in [-0.2, -0.15) is 0 Å². The van der Waals surface area contributed by atoms with Crippen molar-refractivity contribution in [2.24, 2.45) is 0 Å². The predicted octanol–water partition coefficient (Wildman–Crippen LogP) is 5.02. The summed E-state index contributed by atoms with van der Waals surface area (Å²) in [7, 11) is 2.06. The maximum absolute atomic E-state index is 3.49. The summed E-state index contributed by atoms with van der Waals surface area (Å²) < 4.78 is 1.38. The molecule has 108 valence electrons. The van der Waals surface area contributed by atoms with Gasteiger partial charge in [-0.05, 0) is 60.8 Å². The molecule has 21 heavy (non-hydrogen) atoms. The summed E-state index contributed by atoms with van der Waals surface area (Å²) in [5.41, 5.74) is 5.54. The second kappa shape index (κ2) is 6.00. The first-order valence-electron chi connectivity index (χ1n) is 7.38. The van der Waals surface area contributed by atoms with Crippen LogP contribution in [-0.4, -0.2) is 7.05 Å². The van der Waals surface area contributed by atoms with Gasteiger partial charge >= 0.3 is 0 Å². The molecular weight excluding hydrogens is 274 g/mol. The highest BCUT2D eigenvalue weighted by molar-refractivity contribution is 7.17. The van der Waals surface area contributed by atoms with Crippen molar-refractivity contribution in [1.82, 2.24) is 5.32 Å². The van der Waals surface area contributed by atoms with Crippen molar-refractivity contribution in [3.63, 3.8) is 0 Å². The smallest absolute Gasteiger partial charge is 0.0361 e. The molecule has 0 spiro atoms. The van der Waals surface area contributed by atoms with Crippen LogP contribution < -0.4 is 5.32 Å². The van der Waals surface area contributed by atoms with Crippen molar-refractivity contribution in [2.75, 3.05) is 7.05 Å². The molecule has 0 aliphatic heterocycles. The lowest BCUT2D eigenvalue weighted by atomic mass is 9.94. The Bertz CT molecular complexity index is 757. The van der Waals surface area contributed by atoms with Gasteiger partial charge in [0.1, 0.15) is 0 Å². The average molecular weight is 295 g/mol. The fourth-order valence-corrected chi connectivity index (χ4v) is 3.89. The first kappa shape index (κ1) is 14.3. The predicted molar refractivity (Wildman–Crippen MR) is 93.2 cm³/mol. The van der Waals surface area contributed by atoms with Gasteiger partial charge in [-0.3, -0.25) is 0 Å². The fourth-order valence-electron chi connectivity index (χ4n) is 2.91. The van der Waals surface area contributed by atoms with Crippen molar-refractivity contribution in [2.45, 2.75) is 26.3 Å². The fraction of sp³-hybridized carbons (Fsp3) is 0.263. The van der Waals surface area contributed by atoms with E-state index in [0.29, 0.717) is 6.04 Å². The molecule has 3 rings (SSSR count). The van der Waals surface area contributed by atoms with Gasteiger partial charge in [0.05, 0.1) is 0 Å². The van der Waals surface area contributed by atoms with Gasteiger partial charge in [-0.25, -0.2) is 0 Å². The molecule has 0 saturated carbocycles. The van der Waals surface area contributed by atoms with E-state index in [4.69, 9.17) is 0 Å². The highest BCUT2D eigenvalue weighted by atomic mass is 32.1. The minimum Gasteiger partial charge on any atom is -0.313 e. The summed E-state index contributed by atoms with van der Waals surface area (Å²) in [5.74, 6) is 0. The minimum absolute atomic E-state index is 0.364. The zero-order valence-corrected chi connectivity index (χ0v) is 13.6. The Morgan fingerprint density at radius 2 is 1.90 bits per heavy atom. The van der Waals surface area contributed by atoms with Crippen molar-refractivity contribution in [1.29, 1.82) is 0 Å². The largest absolute Gasteiger partial charge is 0.313 e. The molecule has 0 aliphatic rings. The second-order valence-corrected chi connectivity index (χ2v) is 6.57. The van der Waals surface area contributed by atoms with Crippen LogP contribution in [-0.2, 0) is 6.42 Å². The number of hydrogen-bond donors (Lipinski definition) is 1. The molecule has 3 aromatic rings. The van der Waals surface area contributed by atoms with Crippen LogP contribution in [0, 0.1) is 13.8 Å². The normalized spacial score (nSPS) is 12.7. The Kier molecular flexibility index (Phi) is 4.09. The van der Waals surface area contributed by atoms with Crippen LogP contribution in [0.1, 0.15) is 28.3 Å². The lowest BCUT2D eigenvalue weighted by Crippen LogP contribution is -2.19. The maximum atomic E-state index is 3.49. The van der Waals surface area contributed by atoms with Crippen molar-refractivity contribution < 1.29 is 0 Å². The molecule has 1 heterocycles. The second-order valence-electron chi connectivity index (χ2n) is 5.66. The molecular formula is C19H21NS. The lowest BCUT2D eigenvalue weighted by Gasteiger charge is -2.19. The summed E-state index contributed by atoms with van der Waals surface area (Å²) in [6.45, 7) is 4.36. The van der Waals surface area contributed by atoms with Gasteiger partial charge in [0, 0.05) is 10.7 Å². The molecule has 2 heteroatoms. The number of fused-ring (bicyclic) bond motifs is 1. The number of nitrogens with one attached hydrogen (secondary N) is 1. The van der Waals surface area contributed by atoms with Crippen LogP contribution in [0.4, 0.5) is 0 Å². The molecule has 2 aromatic carbocycles. The molecule has 0 saturated heterocycles. The monoisotopic (exact) mass is 295 g/mol. The van der Waals surface area contributed by atoms with E-state index in [1.807, 2.05) is 11.3 Å². The van der Waals surface area contributed by atoms with E-state index in [1.165, 1.54) is 32.3 Å². The van der Waals surface area contributed by atoms with Gasteiger partial charge in [-0.1, -0.05) is 42.0 Å². The third kappa shape index (κ3) is 2.87. The van der Waals surface area contributed by atoms with Gasteiger partial charge in [-0.15, -0.1) is 11.3 Å². The van der Waals surface area contributed by atoms with Crippen LogP contribution >= 0.6 is 11.3 Å². The molecule has 0 bridgehead atoms. The van der Waals surface area contributed by atoms with Crippen LogP contribution in [0.25, 0.3) is 10.1 Å². The quantitative estimate of drug-likeness (QED) is 0.712. The van der Waals surface area contributed by atoms with Crippen molar-refractivity contribution >= 4 is 21.4 Å². The highest BCUT2D eigenvalue weighted by Crippen LogP contribution is 2.30. The zero-order valence-electron chi connectivity index (χ0n) is 12.8. The van der Waals surface area contributed by atoms with E-state index < -0.39 is 0 Å². The number of benzene rings is 2. The van der Waals surface area contributed by atoms with E-state index in [2.05, 4.69) is 74.1 Å². The van der Waals surface area contributed by atoms with E-state index in [1.54, 1.807) is 0 Å². The molecule has 1 nitrogen and oxygen atoms in total. The first-order chi connectivity index (χ1) is 10.2. The molecule has 1 N–H and O–H groups in total. The lowest BCUT2D eigenvalue weighted by molar-refractivity contribution is 0.591. The number of likely N-dealkylation sites (N-methyl/N-ethyl adjacent to an activating group) is 1. The van der Waals surface area contributed by atoms with Gasteiger partial charge < -0.3 is 5.32 Å². The first-order valence-corrected chi connectivity index (χ1v) is 8.26. The van der Waals surface area contributed by atoms with Crippen LogP contribution in [0.2, 0.25) is 0 Å². The average Bonchev–Trinajstić information content (AvgIpc) is 2.91. The maximum Gasteiger partial charge on any atom is 0.0361 e. The van der Waals surface area contributed by atoms with Gasteiger partial charge in [0.2, 0.25) is 0 Å². The highest BCUT2D eigenvalue weighted by Gasteiger charge is 2.15. The molecule has 0 amide bonds. The molecule has 1 atom stereocenters. The summed E-state index contributed by atoms with van der Waals surface area (Å²) in [4.78, 5) is 0. The third-order valence-electron chi connectivity index (χ3n) is 4.14. The Hall–Kier alpha value is -1.64. The summed E-state index contributed by atoms with van der Waals surface area (Å²) in [6, 6.07) is 15.8. The van der Waals surface area contributed by atoms with Crippen molar-refractivity contribution in [3.8, 4) is 0 Å². The van der Waals surface area contributed by atoms with Crippen LogP contribution in [0.5, 0.6) is 0 Å². The van der Waals surface area contributed by atoms with Gasteiger partial charge in [0.15, 0.2) is 0 Å². The summed E-state index contributed by atoms with van der Waals surface area (Å²) in [6.07, 6.45) is 1.03. The zero-order chi connectivity index (χ0) is 14.8. The number of rotatable bonds is 4.